The van der Waals surface area contributed by atoms with E-state index >= 15 is 0 Å². The third kappa shape index (κ3) is 2.42. The Bertz CT molecular complexity index is 1090. The average molecular weight is 360 g/mol. The van der Waals surface area contributed by atoms with E-state index in [9.17, 15) is 17.2 Å². The van der Waals surface area contributed by atoms with Crippen LogP contribution in [0.4, 0.5) is 20.3 Å². The van der Waals surface area contributed by atoms with Crippen molar-refractivity contribution in [2.24, 2.45) is 0 Å². The van der Waals surface area contributed by atoms with Gasteiger partial charge < -0.3 is 10.1 Å². The van der Waals surface area contributed by atoms with Gasteiger partial charge in [-0.1, -0.05) is 30.3 Å². The molecule has 5 nitrogen and oxygen atoms in total. The van der Waals surface area contributed by atoms with Crippen molar-refractivity contribution in [1.82, 2.24) is 4.98 Å². The largest absolute Gasteiger partial charge is 0.450 e. The van der Waals surface area contributed by atoms with Crippen molar-refractivity contribution >= 4 is 21.3 Å². The number of anilines is 2. The lowest BCUT2D eigenvalue weighted by Gasteiger charge is -2.23. The number of ether oxygens (including phenoxy) is 1. The summed E-state index contributed by atoms with van der Waals surface area (Å²) in [5.41, 5.74) is 0.469. The maximum atomic E-state index is 14.4. The summed E-state index contributed by atoms with van der Waals surface area (Å²) >= 11 is 0. The highest BCUT2D eigenvalue weighted by Gasteiger charge is 2.35. The van der Waals surface area contributed by atoms with Gasteiger partial charge in [-0.2, -0.15) is 9.37 Å². The number of hydrogen-bond acceptors (Lipinski definition) is 5. The highest BCUT2D eigenvalue weighted by atomic mass is 32.2. The number of pyridine rings is 1. The Labute approximate surface area is 141 Å². The molecule has 0 atom stereocenters. The van der Waals surface area contributed by atoms with Crippen molar-refractivity contribution in [3.8, 4) is 11.5 Å². The zero-order chi connectivity index (χ0) is 17.6. The molecule has 0 unspecified atom stereocenters. The van der Waals surface area contributed by atoms with Crippen LogP contribution in [0.5, 0.6) is 11.5 Å². The highest BCUT2D eigenvalue weighted by Crippen LogP contribution is 2.46. The molecule has 0 radical (unpaired) electrons. The normalized spacial score (nSPS) is 12.6. The van der Waals surface area contributed by atoms with Crippen LogP contribution in [0.2, 0.25) is 0 Å². The molecule has 0 bridgehead atoms. The minimum Gasteiger partial charge on any atom is -0.450 e. The lowest BCUT2D eigenvalue weighted by atomic mass is 10.2. The molecule has 1 N–H and O–H groups in total. The van der Waals surface area contributed by atoms with Crippen molar-refractivity contribution < 1.29 is 21.9 Å². The van der Waals surface area contributed by atoms with Gasteiger partial charge in [-0.3, -0.25) is 0 Å². The number of rotatable bonds is 2. The second kappa shape index (κ2) is 5.52. The fourth-order valence-corrected chi connectivity index (χ4v) is 3.99. The molecule has 1 aliphatic rings. The summed E-state index contributed by atoms with van der Waals surface area (Å²) in [6.45, 7) is 0. The third-order valence-electron chi connectivity index (χ3n) is 3.69. The van der Waals surface area contributed by atoms with E-state index in [4.69, 9.17) is 4.74 Å². The number of nitrogens with one attached hydrogen (secondary N) is 1. The number of benzene rings is 2. The molecule has 4 rings (SSSR count). The van der Waals surface area contributed by atoms with Crippen LogP contribution in [0.1, 0.15) is 0 Å². The van der Waals surface area contributed by atoms with Gasteiger partial charge in [0.15, 0.2) is 22.2 Å². The fourth-order valence-electron chi connectivity index (χ4n) is 2.53. The number of hydrogen-bond donors (Lipinski definition) is 1. The van der Waals surface area contributed by atoms with Crippen LogP contribution in [-0.2, 0) is 9.84 Å². The molecule has 0 amide bonds. The minimum atomic E-state index is -4.36. The molecule has 0 aliphatic carbocycles. The van der Waals surface area contributed by atoms with E-state index in [-0.39, 0.29) is 22.2 Å². The van der Waals surface area contributed by atoms with E-state index in [0.717, 1.165) is 0 Å². The first kappa shape index (κ1) is 15.5. The zero-order valence-electron chi connectivity index (χ0n) is 12.5. The molecule has 25 heavy (non-hydrogen) atoms. The average Bonchev–Trinajstić information content (AvgIpc) is 2.62. The van der Waals surface area contributed by atoms with Gasteiger partial charge in [0, 0.05) is 0 Å². The predicted molar refractivity (Wildman–Crippen MR) is 85.8 cm³/mol. The molecule has 1 aliphatic heterocycles. The van der Waals surface area contributed by atoms with Crippen molar-refractivity contribution in [1.29, 1.82) is 0 Å². The van der Waals surface area contributed by atoms with Crippen molar-refractivity contribution in [2.45, 2.75) is 9.79 Å². The number of aromatic nitrogens is 1. The maximum absolute atomic E-state index is 14.4. The molecule has 126 valence electrons. The quantitative estimate of drug-likeness (QED) is 0.547. The van der Waals surface area contributed by atoms with Crippen LogP contribution in [0.3, 0.4) is 0 Å². The van der Waals surface area contributed by atoms with Crippen LogP contribution in [0.15, 0.2) is 64.4 Å². The molecule has 2 aromatic carbocycles. The fraction of sp³-hybridized carbons (Fsp3) is 0. The monoisotopic (exact) mass is 360 g/mol. The third-order valence-corrected chi connectivity index (χ3v) is 5.48. The van der Waals surface area contributed by atoms with Crippen LogP contribution in [0, 0.1) is 11.8 Å². The number of fused-ring (bicyclic) bond motifs is 2. The lowest BCUT2D eigenvalue weighted by molar-refractivity contribution is 0.415. The van der Waals surface area contributed by atoms with Crippen molar-refractivity contribution in [2.75, 3.05) is 5.32 Å². The molecule has 2 heterocycles. The Morgan fingerprint density at radius 3 is 2.40 bits per heavy atom. The molecule has 0 fully saturated rings. The van der Waals surface area contributed by atoms with Crippen LogP contribution in [0.25, 0.3) is 0 Å². The summed E-state index contributed by atoms with van der Waals surface area (Å²) in [6, 6.07) is 13.8. The molecule has 0 spiro atoms. The highest BCUT2D eigenvalue weighted by molar-refractivity contribution is 7.91. The summed E-state index contributed by atoms with van der Waals surface area (Å²) in [5.74, 6) is -3.39. The summed E-state index contributed by atoms with van der Waals surface area (Å²) in [7, 11) is -4.36. The van der Waals surface area contributed by atoms with Gasteiger partial charge >= 0.3 is 0 Å². The number of sulfone groups is 1. The lowest BCUT2D eigenvalue weighted by Crippen LogP contribution is -2.14. The topological polar surface area (TPSA) is 68.3 Å². The molecule has 0 saturated carbocycles. The molecular weight excluding hydrogens is 350 g/mol. The Kier molecular flexibility index (Phi) is 3.43. The summed E-state index contributed by atoms with van der Waals surface area (Å²) in [5, 5.41) is 2.77. The number of para-hydroxylation sites is 2. The van der Waals surface area contributed by atoms with Gasteiger partial charge in [0.2, 0.25) is 15.7 Å². The minimum absolute atomic E-state index is 0.177. The van der Waals surface area contributed by atoms with Crippen LogP contribution < -0.4 is 10.1 Å². The van der Waals surface area contributed by atoms with Gasteiger partial charge in [0.25, 0.3) is 5.95 Å². The van der Waals surface area contributed by atoms with Gasteiger partial charge in [-0.15, -0.1) is 0 Å². The Balaban J connectivity index is 1.98. The smallest absolute Gasteiger partial charge is 0.252 e. The van der Waals surface area contributed by atoms with Gasteiger partial charge in [-0.25, -0.2) is 12.8 Å². The van der Waals surface area contributed by atoms with Crippen molar-refractivity contribution in [3.63, 3.8) is 0 Å². The van der Waals surface area contributed by atoms with Gasteiger partial charge in [0.1, 0.15) is 0 Å². The van der Waals surface area contributed by atoms with E-state index in [0.29, 0.717) is 5.69 Å². The second-order valence-corrected chi connectivity index (χ2v) is 7.15. The number of halogens is 2. The van der Waals surface area contributed by atoms with Crippen LogP contribution in [-0.4, -0.2) is 13.4 Å². The summed E-state index contributed by atoms with van der Waals surface area (Å²) < 4.78 is 59.6. The summed E-state index contributed by atoms with van der Waals surface area (Å²) in [6.07, 6.45) is 0. The first-order valence-electron chi connectivity index (χ1n) is 7.21. The SMILES string of the molecule is O=S(=O)(c1ccccc1)c1c(F)c(F)nc2c1Oc1ccccc1N2. The molecule has 8 heteroatoms. The van der Waals surface area contributed by atoms with Gasteiger partial charge in [0.05, 0.1) is 10.6 Å². The Morgan fingerprint density at radius 2 is 1.64 bits per heavy atom. The maximum Gasteiger partial charge on any atom is 0.252 e. The Morgan fingerprint density at radius 1 is 0.960 bits per heavy atom. The molecule has 1 aromatic heterocycles. The first-order chi connectivity index (χ1) is 12.0. The van der Waals surface area contributed by atoms with Crippen molar-refractivity contribution in [3.05, 3.63) is 66.4 Å². The first-order valence-corrected chi connectivity index (χ1v) is 8.70. The predicted octanol–water partition coefficient (Wildman–Crippen LogP) is 4.04. The molecular formula is C17H10F2N2O3S. The van der Waals surface area contributed by atoms with Gasteiger partial charge in [-0.05, 0) is 24.3 Å². The van der Waals surface area contributed by atoms with Crippen LogP contribution >= 0.6 is 0 Å². The van der Waals surface area contributed by atoms with E-state index < -0.39 is 26.5 Å². The Hall–Kier alpha value is -3.00. The second-order valence-electron chi connectivity index (χ2n) is 5.26. The van der Waals surface area contributed by atoms with E-state index in [1.165, 1.54) is 24.3 Å². The zero-order valence-corrected chi connectivity index (χ0v) is 13.3. The van der Waals surface area contributed by atoms with E-state index in [1.54, 1.807) is 30.3 Å². The van der Waals surface area contributed by atoms with E-state index in [1.807, 2.05) is 0 Å². The summed E-state index contributed by atoms with van der Waals surface area (Å²) in [4.78, 5) is 2.38. The number of nitrogens with zero attached hydrogens (tertiary/aromatic N) is 1. The molecule has 3 aromatic rings. The standard InChI is InChI=1S/C17H10F2N2O3S/c18-13-15(25(22,23)10-6-2-1-3-7-10)14-17(21-16(13)19)20-11-8-4-5-9-12(11)24-14/h1-9H,(H,20,21). The molecule has 0 saturated heterocycles. The van der Waals surface area contributed by atoms with E-state index in [2.05, 4.69) is 10.3 Å².